The van der Waals surface area contributed by atoms with Gasteiger partial charge in [0.15, 0.2) is 0 Å². The molecule has 0 N–H and O–H groups in total. The standard InChI is InChI=1S/C3H5O2S.2CH3.Sn.H/c1-2-3(4)5-6;;;;/h6H,1-2H2;2*1H3;;. The van der Waals surface area contributed by atoms with E-state index in [2.05, 4.69) is 27.0 Å². The molecule has 0 amide bonds. The summed E-state index contributed by atoms with van der Waals surface area (Å²) in [6.07, 6.45) is 0.567. The van der Waals surface area contributed by atoms with E-state index in [0.29, 0.717) is 6.42 Å². The SMILES string of the molecule is [CH3][SnH]([CH3])[CH2]CC(=O)OS. The van der Waals surface area contributed by atoms with Crippen LogP contribution in [0, 0.1) is 0 Å². The summed E-state index contributed by atoms with van der Waals surface area (Å²) in [5.41, 5.74) is 0. The van der Waals surface area contributed by atoms with Crippen molar-refractivity contribution in [3.05, 3.63) is 0 Å². The van der Waals surface area contributed by atoms with Crippen LogP contribution in [0.5, 0.6) is 0 Å². The second-order valence-corrected chi connectivity index (χ2v) is 12.2. The summed E-state index contributed by atoms with van der Waals surface area (Å²) in [6.45, 7) is 0. The van der Waals surface area contributed by atoms with E-state index in [9.17, 15) is 4.79 Å². The van der Waals surface area contributed by atoms with Gasteiger partial charge in [0, 0.05) is 0 Å². The Bertz CT molecular complexity index is 95.0. The zero-order valence-corrected chi connectivity index (χ0v) is 9.95. The number of hydrogen-bond donors (Lipinski definition) is 1. The Morgan fingerprint density at radius 1 is 1.67 bits per heavy atom. The molecule has 0 bridgehead atoms. The molecule has 0 saturated carbocycles. The monoisotopic (exact) mass is 256 g/mol. The number of carbonyl (C=O) groups is 1. The van der Waals surface area contributed by atoms with Crippen LogP contribution >= 0.6 is 12.9 Å². The van der Waals surface area contributed by atoms with Crippen molar-refractivity contribution >= 4 is 38.6 Å². The van der Waals surface area contributed by atoms with Crippen LogP contribution in [0.25, 0.3) is 0 Å². The minimum atomic E-state index is -1.15. The van der Waals surface area contributed by atoms with Gasteiger partial charge in [-0.15, -0.1) is 0 Å². The quantitative estimate of drug-likeness (QED) is 0.466. The molecule has 0 spiro atoms. The molecule has 0 aromatic rings. The van der Waals surface area contributed by atoms with Crippen molar-refractivity contribution < 1.29 is 8.98 Å². The van der Waals surface area contributed by atoms with Gasteiger partial charge in [0.05, 0.1) is 0 Å². The molecule has 0 rings (SSSR count). The van der Waals surface area contributed by atoms with Crippen molar-refractivity contribution in [1.82, 2.24) is 0 Å². The van der Waals surface area contributed by atoms with Gasteiger partial charge in [0.1, 0.15) is 0 Å². The van der Waals surface area contributed by atoms with Crippen molar-refractivity contribution in [2.24, 2.45) is 0 Å². The third-order valence-corrected chi connectivity index (χ3v) is 5.35. The predicted octanol–water partition coefficient (Wildman–Crippen LogP) is 1.25. The number of thiol groups is 1. The first-order valence-electron chi connectivity index (χ1n) is 3.01. The van der Waals surface area contributed by atoms with E-state index in [1.165, 1.54) is 0 Å². The number of rotatable bonds is 3. The van der Waals surface area contributed by atoms with Gasteiger partial charge in [-0.25, -0.2) is 0 Å². The molecular formula is C5H12O2SSn. The Hall–Kier alpha value is 0.619. The summed E-state index contributed by atoms with van der Waals surface area (Å²) < 4.78 is 5.27. The molecule has 9 heavy (non-hydrogen) atoms. The Morgan fingerprint density at radius 2 is 2.22 bits per heavy atom. The molecule has 0 aromatic carbocycles. The molecule has 0 aromatic heterocycles. The van der Waals surface area contributed by atoms with Crippen molar-refractivity contribution in [2.75, 3.05) is 0 Å². The van der Waals surface area contributed by atoms with Gasteiger partial charge in [-0.2, -0.15) is 0 Å². The molecule has 0 saturated heterocycles. The topological polar surface area (TPSA) is 26.3 Å². The fourth-order valence-corrected chi connectivity index (χ4v) is 2.86. The van der Waals surface area contributed by atoms with E-state index in [-0.39, 0.29) is 5.97 Å². The number of hydrogen-bond acceptors (Lipinski definition) is 3. The first-order chi connectivity index (χ1) is 4.16. The Balaban J connectivity index is 3.17. The van der Waals surface area contributed by atoms with Gasteiger partial charge >= 0.3 is 68.4 Å². The normalized spacial score (nSPS) is 9.78. The average molecular weight is 255 g/mol. The molecule has 0 aliphatic rings. The van der Waals surface area contributed by atoms with Crippen LogP contribution in [-0.4, -0.2) is 25.7 Å². The van der Waals surface area contributed by atoms with Gasteiger partial charge in [-0.1, -0.05) is 0 Å². The molecule has 0 unspecified atom stereocenters. The zero-order chi connectivity index (χ0) is 7.28. The van der Waals surface area contributed by atoms with Crippen molar-refractivity contribution in [3.8, 4) is 0 Å². The molecule has 0 radical (unpaired) electrons. The van der Waals surface area contributed by atoms with E-state index in [0.717, 1.165) is 4.44 Å². The Morgan fingerprint density at radius 3 is 2.56 bits per heavy atom. The third-order valence-electron chi connectivity index (χ3n) is 1.03. The molecule has 2 nitrogen and oxygen atoms in total. The van der Waals surface area contributed by atoms with Crippen LogP contribution in [0.3, 0.4) is 0 Å². The van der Waals surface area contributed by atoms with E-state index < -0.39 is 19.8 Å². The molecular weight excluding hydrogens is 243 g/mol. The van der Waals surface area contributed by atoms with Gasteiger partial charge in [-0.05, 0) is 0 Å². The van der Waals surface area contributed by atoms with Crippen molar-refractivity contribution in [3.63, 3.8) is 0 Å². The van der Waals surface area contributed by atoms with E-state index in [4.69, 9.17) is 0 Å². The van der Waals surface area contributed by atoms with Gasteiger partial charge in [0.25, 0.3) is 0 Å². The third kappa shape index (κ3) is 6.50. The Kier molecular flexibility index (Phi) is 5.78. The van der Waals surface area contributed by atoms with Gasteiger partial charge in [0.2, 0.25) is 0 Å². The summed E-state index contributed by atoms with van der Waals surface area (Å²) in [6, 6.07) is 0. The minimum absolute atomic E-state index is 0.191. The average Bonchev–Trinajstić information content (AvgIpc) is 1.83. The van der Waals surface area contributed by atoms with Gasteiger partial charge < -0.3 is 0 Å². The summed E-state index contributed by atoms with van der Waals surface area (Å²) >= 11 is 2.24. The van der Waals surface area contributed by atoms with E-state index >= 15 is 0 Å². The van der Waals surface area contributed by atoms with Crippen LogP contribution in [0.4, 0.5) is 0 Å². The first kappa shape index (κ1) is 9.62. The molecule has 4 heteroatoms. The molecule has 0 aliphatic heterocycles. The predicted molar refractivity (Wildman–Crippen MR) is 43.4 cm³/mol. The van der Waals surface area contributed by atoms with Crippen LogP contribution in [0.1, 0.15) is 6.42 Å². The fourth-order valence-electron chi connectivity index (χ4n) is 0.452. The maximum absolute atomic E-state index is 10.5. The second-order valence-electron chi connectivity index (χ2n) is 2.40. The molecule has 0 atom stereocenters. The van der Waals surface area contributed by atoms with Crippen molar-refractivity contribution in [2.45, 2.75) is 20.7 Å². The zero-order valence-electron chi connectivity index (χ0n) is 5.76. The summed E-state index contributed by atoms with van der Waals surface area (Å²) in [7, 11) is 0. The fraction of sp³-hybridized carbons (Fsp3) is 0.800. The molecule has 0 aliphatic carbocycles. The van der Waals surface area contributed by atoms with E-state index in [1.54, 1.807) is 0 Å². The van der Waals surface area contributed by atoms with Crippen LogP contribution in [0.15, 0.2) is 0 Å². The maximum atomic E-state index is 10.5. The van der Waals surface area contributed by atoms with Crippen LogP contribution < -0.4 is 0 Å². The summed E-state index contributed by atoms with van der Waals surface area (Å²) in [5.74, 6) is -0.191. The first-order valence-corrected chi connectivity index (χ1v) is 12.3. The second kappa shape index (κ2) is 5.41. The summed E-state index contributed by atoms with van der Waals surface area (Å²) in [4.78, 5) is 15.0. The van der Waals surface area contributed by atoms with Crippen LogP contribution in [0.2, 0.25) is 14.3 Å². The van der Waals surface area contributed by atoms with Crippen molar-refractivity contribution in [1.29, 1.82) is 0 Å². The molecule has 0 fully saturated rings. The van der Waals surface area contributed by atoms with Crippen LogP contribution in [-0.2, 0) is 8.98 Å². The molecule has 54 valence electrons. The summed E-state index contributed by atoms with van der Waals surface area (Å²) in [5, 5.41) is 0. The Labute approximate surface area is 68.3 Å². The van der Waals surface area contributed by atoms with E-state index in [1.807, 2.05) is 0 Å². The number of carbonyl (C=O) groups excluding carboxylic acids is 1. The van der Waals surface area contributed by atoms with Gasteiger partial charge in [-0.3, -0.25) is 0 Å². The molecule has 0 heterocycles.